The lowest BCUT2D eigenvalue weighted by Crippen LogP contribution is -2.39. The monoisotopic (exact) mass is 239 g/mol. The lowest BCUT2D eigenvalue weighted by Gasteiger charge is -2.24. The number of thiophene rings is 1. The van der Waals surface area contributed by atoms with Gasteiger partial charge in [0.15, 0.2) is 0 Å². The number of likely N-dealkylation sites (tertiary alicyclic amines) is 1. The molecule has 1 fully saturated rings. The third-order valence-corrected chi connectivity index (χ3v) is 4.27. The minimum absolute atomic E-state index is 0.00472. The molecule has 1 amide bonds. The first-order valence-corrected chi connectivity index (χ1v) is 6.43. The van der Waals surface area contributed by atoms with Crippen molar-refractivity contribution in [1.29, 1.82) is 0 Å². The highest BCUT2D eigenvalue weighted by Crippen LogP contribution is 2.27. The van der Waals surface area contributed by atoms with Gasteiger partial charge in [0.2, 0.25) is 0 Å². The fourth-order valence-electron chi connectivity index (χ4n) is 2.23. The normalized spacial score (nSPS) is 25.1. The van der Waals surface area contributed by atoms with E-state index in [1.54, 1.807) is 0 Å². The van der Waals surface area contributed by atoms with E-state index in [1.165, 1.54) is 11.3 Å². The van der Waals surface area contributed by atoms with Crippen LogP contribution < -0.4 is 0 Å². The quantitative estimate of drug-likeness (QED) is 0.856. The van der Waals surface area contributed by atoms with E-state index in [0.717, 1.165) is 22.7 Å². The van der Waals surface area contributed by atoms with Gasteiger partial charge in [-0.3, -0.25) is 4.79 Å². The number of rotatable bonds is 2. The van der Waals surface area contributed by atoms with Gasteiger partial charge >= 0.3 is 0 Å². The molecule has 88 valence electrons. The predicted octanol–water partition coefficient (Wildman–Crippen LogP) is 1.90. The fourth-order valence-corrected chi connectivity index (χ4v) is 3.05. The topological polar surface area (TPSA) is 40.5 Å². The molecule has 2 heterocycles. The number of aryl methyl sites for hydroxylation is 1. The molecule has 2 unspecified atom stereocenters. The summed E-state index contributed by atoms with van der Waals surface area (Å²) < 4.78 is 0. The van der Waals surface area contributed by atoms with Crippen LogP contribution in [0.25, 0.3) is 0 Å². The zero-order valence-corrected chi connectivity index (χ0v) is 10.5. The van der Waals surface area contributed by atoms with E-state index in [-0.39, 0.29) is 18.6 Å². The van der Waals surface area contributed by atoms with E-state index in [1.807, 2.05) is 24.0 Å². The van der Waals surface area contributed by atoms with Gasteiger partial charge in [0, 0.05) is 11.4 Å². The van der Waals surface area contributed by atoms with Crippen LogP contribution in [0.15, 0.2) is 12.1 Å². The van der Waals surface area contributed by atoms with E-state index < -0.39 is 0 Å². The molecule has 2 rings (SSSR count). The van der Waals surface area contributed by atoms with Crippen molar-refractivity contribution in [2.45, 2.75) is 26.3 Å². The van der Waals surface area contributed by atoms with Crippen molar-refractivity contribution < 1.29 is 9.90 Å². The number of hydrogen-bond donors (Lipinski definition) is 1. The molecule has 1 aromatic rings. The summed E-state index contributed by atoms with van der Waals surface area (Å²) in [5, 5.41) is 9.32. The van der Waals surface area contributed by atoms with Crippen LogP contribution in [-0.4, -0.2) is 35.1 Å². The Balaban J connectivity index is 2.16. The van der Waals surface area contributed by atoms with Crippen molar-refractivity contribution in [3.05, 3.63) is 21.9 Å². The van der Waals surface area contributed by atoms with E-state index in [0.29, 0.717) is 5.92 Å². The number of amides is 1. The minimum atomic E-state index is -0.00472. The van der Waals surface area contributed by atoms with Gasteiger partial charge in [-0.2, -0.15) is 0 Å². The molecule has 0 saturated carbocycles. The van der Waals surface area contributed by atoms with E-state index in [9.17, 15) is 9.90 Å². The van der Waals surface area contributed by atoms with Gasteiger partial charge in [0.05, 0.1) is 17.5 Å². The second kappa shape index (κ2) is 4.55. The van der Waals surface area contributed by atoms with Gasteiger partial charge < -0.3 is 10.0 Å². The largest absolute Gasteiger partial charge is 0.394 e. The highest BCUT2D eigenvalue weighted by atomic mass is 32.1. The molecule has 1 aromatic heterocycles. The minimum Gasteiger partial charge on any atom is -0.394 e. The molecular weight excluding hydrogens is 222 g/mol. The number of nitrogens with zero attached hydrogens (tertiary/aromatic N) is 1. The Morgan fingerprint density at radius 3 is 2.94 bits per heavy atom. The molecule has 1 aliphatic rings. The standard InChI is InChI=1S/C12H17NO2S/c1-8-5-6-13(10(8)7-14)12(15)11-4-3-9(2)16-11/h3-4,8,10,14H,5-7H2,1-2H3. The van der Waals surface area contributed by atoms with E-state index in [4.69, 9.17) is 0 Å². The van der Waals surface area contributed by atoms with Crippen molar-refractivity contribution >= 4 is 17.2 Å². The van der Waals surface area contributed by atoms with Gasteiger partial charge in [-0.25, -0.2) is 0 Å². The highest BCUT2D eigenvalue weighted by Gasteiger charge is 2.34. The number of carbonyl (C=O) groups is 1. The van der Waals surface area contributed by atoms with Crippen LogP contribution in [0.2, 0.25) is 0 Å². The molecule has 16 heavy (non-hydrogen) atoms. The SMILES string of the molecule is Cc1ccc(C(=O)N2CCC(C)C2CO)s1. The van der Waals surface area contributed by atoms with Gasteiger partial charge in [0.25, 0.3) is 5.91 Å². The zero-order chi connectivity index (χ0) is 11.7. The Labute approximate surface area is 99.7 Å². The molecule has 0 aliphatic carbocycles. The summed E-state index contributed by atoms with van der Waals surface area (Å²) >= 11 is 1.52. The maximum atomic E-state index is 12.2. The average Bonchev–Trinajstić information content (AvgIpc) is 2.83. The number of carbonyl (C=O) groups excluding carboxylic acids is 1. The summed E-state index contributed by atoms with van der Waals surface area (Å²) in [6, 6.07) is 3.83. The first-order chi connectivity index (χ1) is 7.63. The van der Waals surface area contributed by atoms with Gasteiger partial charge in [-0.1, -0.05) is 6.92 Å². The predicted molar refractivity (Wildman–Crippen MR) is 64.7 cm³/mol. The molecule has 1 saturated heterocycles. The first-order valence-electron chi connectivity index (χ1n) is 5.61. The molecule has 3 nitrogen and oxygen atoms in total. The number of aliphatic hydroxyl groups excluding tert-OH is 1. The van der Waals surface area contributed by atoms with Crippen LogP contribution in [-0.2, 0) is 0 Å². The summed E-state index contributed by atoms with van der Waals surface area (Å²) in [5.41, 5.74) is 0. The Kier molecular flexibility index (Phi) is 3.30. The summed E-state index contributed by atoms with van der Waals surface area (Å²) in [7, 11) is 0. The van der Waals surface area contributed by atoms with E-state index >= 15 is 0 Å². The lowest BCUT2D eigenvalue weighted by molar-refractivity contribution is 0.0653. The van der Waals surface area contributed by atoms with Crippen molar-refractivity contribution in [3.63, 3.8) is 0 Å². The van der Waals surface area contributed by atoms with Crippen LogP contribution in [0, 0.1) is 12.8 Å². The molecule has 2 atom stereocenters. The molecule has 4 heteroatoms. The van der Waals surface area contributed by atoms with Crippen LogP contribution in [0.1, 0.15) is 27.9 Å². The van der Waals surface area contributed by atoms with Gasteiger partial charge in [-0.05, 0) is 31.4 Å². The Morgan fingerprint density at radius 1 is 1.62 bits per heavy atom. The van der Waals surface area contributed by atoms with Crippen LogP contribution in [0.3, 0.4) is 0 Å². The van der Waals surface area contributed by atoms with Crippen molar-refractivity contribution in [1.82, 2.24) is 4.90 Å². The van der Waals surface area contributed by atoms with Crippen molar-refractivity contribution in [3.8, 4) is 0 Å². The van der Waals surface area contributed by atoms with Crippen molar-refractivity contribution in [2.75, 3.05) is 13.2 Å². The molecular formula is C12H17NO2S. The summed E-state index contributed by atoms with van der Waals surface area (Å²) in [5.74, 6) is 0.469. The highest BCUT2D eigenvalue weighted by molar-refractivity contribution is 7.13. The second-order valence-electron chi connectivity index (χ2n) is 4.42. The van der Waals surface area contributed by atoms with Crippen molar-refractivity contribution in [2.24, 2.45) is 5.92 Å². The summed E-state index contributed by atoms with van der Waals surface area (Å²) in [6.07, 6.45) is 0.987. The molecule has 1 aliphatic heterocycles. The second-order valence-corrected chi connectivity index (χ2v) is 5.71. The Bertz CT molecular complexity index is 388. The third kappa shape index (κ3) is 1.99. The van der Waals surface area contributed by atoms with Crippen LogP contribution in [0.5, 0.6) is 0 Å². The third-order valence-electron chi connectivity index (χ3n) is 3.28. The first kappa shape index (κ1) is 11.6. The number of aliphatic hydroxyl groups is 1. The van der Waals surface area contributed by atoms with E-state index in [2.05, 4.69) is 6.92 Å². The lowest BCUT2D eigenvalue weighted by atomic mass is 10.0. The molecule has 0 spiro atoms. The molecule has 0 radical (unpaired) electrons. The molecule has 0 bridgehead atoms. The smallest absolute Gasteiger partial charge is 0.264 e. The Morgan fingerprint density at radius 2 is 2.38 bits per heavy atom. The maximum Gasteiger partial charge on any atom is 0.264 e. The van der Waals surface area contributed by atoms with Gasteiger partial charge in [0.1, 0.15) is 0 Å². The molecule has 0 aromatic carbocycles. The summed E-state index contributed by atoms with van der Waals surface area (Å²) in [6.45, 7) is 4.92. The van der Waals surface area contributed by atoms with Gasteiger partial charge in [-0.15, -0.1) is 11.3 Å². The summed E-state index contributed by atoms with van der Waals surface area (Å²) in [4.78, 5) is 15.9. The van der Waals surface area contributed by atoms with Crippen LogP contribution in [0.4, 0.5) is 0 Å². The fraction of sp³-hybridized carbons (Fsp3) is 0.583. The maximum absolute atomic E-state index is 12.2. The zero-order valence-electron chi connectivity index (χ0n) is 9.64. The number of hydrogen-bond acceptors (Lipinski definition) is 3. The van der Waals surface area contributed by atoms with Crippen LogP contribution >= 0.6 is 11.3 Å². The Hall–Kier alpha value is -0.870. The molecule has 1 N–H and O–H groups in total. The average molecular weight is 239 g/mol.